The summed E-state index contributed by atoms with van der Waals surface area (Å²) in [5.74, 6) is -0.208. The van der Waals surface area contributed by atoms with Crippen LogP contribution in [0.4, 0.5) is 0 Å². The summed E-state index contributed by atoms with van der Waals surface area (Å²) < 4.78 is 5.43. The molecule has 2 amide bonds. The lowest BCUT2D eigenvalue weighted by Gasteiger charge is -2.11. The number of hydrogen-bond acceptors (Lipinski definition) is 3. The highest BCUT2D eigenvalue weighted by Gasteiger charge is 2.16. The van der Waals surface area contributed by atoms with Crippen LogP contribution in [0.2, 0.25) is 0 Å². The van der Waals surface area contributed by atoms with Crippen molar-refractivity contribution < 1.29 is 14.3 Å². The molecule has 2 N–H and O–H groups in total. The second kappa shape index (κ2) is 7.78. The molecule has 1 saturated heterocycles. The number of rotatable bonds is 6. The summed E-state index contributed by atoms with van der Waals surface area (Å²) in [7, 11) is 0. The minimum absolute atomic E-state index is 0.0601. The summed E-state index contributed by atoms with van der Waals surface area (Å²) in [4.78, 5) is 23.5. The highest BCUT2D eigenvalue weighted by atomic mass is 16.5. The Morgan fingerprint density at radius 3 is 2.90 bits per heavy atom. The van der Waals surface area contributed by atoms with E-state index in [0.717, 1.165) is 25.0 Å². The van der Waals surface area contributed by atoms with Crippen molar-refractivity contribution in [1.82, 2.24) is 10.6 Å². The second-order valence-electron chi connectivity index (χ2n) is 5.31. The normalized spacial score (nSPS) is 17.5. The van der Waals surface area contributed by atoms with Crippen LogP contribution in [0.3, 0.4) is 0 Å². The van der Waals surface area contributed by atoms with Gasteiger partial charge in [-0.2, -0.15) is 0 Å². The van der Waals surface area contributed by atoms with Crippen molar-refractivity contribution in [3.8, 4) is 0 Å². The van der Waals surface area contributed by atoms with Crippen LogP contribution in [0.25, 0.3) is 0 Å². The van der Waals surface area contributed by atoms with Gasteiger partial charge in [-0.15, -0.1) is 0 Å². The molecule has 0 spiro atoms. The largest absolute Gasteiger partial charge is 0.376 e. The molecule has 1 aromatic carbocycles. The van der Waals surface area contributed by atoms with Crippen LogP contribution in [0.15, 0.2) is 24.3 Å². The molecule has 1 atom stereocenters. The highest BCUT2D eigenvalue weighted by Crippen LogP contribution is 2.10. The van der Waals surface area contributed by atoms with Crippen LogP contribution >= 0.6 is 0 Å². The summed E-state index contributed by atoms with van der Waals surface area (Å²) in [5.41, 5.74) is 1.66. The molecule has 1 aliphatic rings. The van der Waals surface area contributed by atoms with Gasteiger partial charge in [-0.05, 0) is 31.9 Å². The molecule has 2 rings (SSSR count). The van der Waals surface area contributed by atoms with Crippen LogP contribution in [-0.2, 0) is 9.53 Å². The first kappa shape index (κ1) is 15.5. The van der Waals surface area contributed by atoms with Gasteiger partial charge in [0.05, 0.1) is 6.10 Å². The molecule has 0 aromatic heterocycles. The zero-order valence-corrected chi connectivity index (χ0v) is 12.4. The van der Waals surface area contributed by atoms with E-state index in [1.807, 2.05) is 25.1 Å². The van der Waals surface area contributed by atoms with E-state index in [1.165, 1.54) is 0 Å². The Bertz CT molecular complexity index is 496. The third kappa shape index (κ3) is 5.19. The third-order valence-corrected chi connectivity index (χ3v) is 3.47. The third-order valence-electron chi connectivity index (χ3n) is 3.47. The number of hydrogen-bond donors (Lipinski definition) is 2. The van der Waals surface area contributed by atoms with E-state index in [1.54, 1.807) is 6.07 Å². The number of benzene rings is 1. The highest BCUT2D eigenvalue weighted by molar-refractivity contribution is 5.94. The minimum Gasteiger partial charge on any atom is -0.376 e. The van der Waals surface area contributed by atoms with Gasteiger partial charge in [0, 0.05) is 31.7 Å². The Balaban J connectivity index is 1.64. The van der Waals surface area contributed by atoms with E-state index in [0.29, 0.717) is 18.7 Å². The predicted molar refractivity (Wildman–Crippen MR) is 80.1 cm³/mol. The summed E-state index contributed by atoms with van der Waals surface area (Å²) in [5, 5.41) is 5.59. The smallest absolute Gasteiger partial charge is 0.251 e. The fourth-order valence-corrected chi connectivity index (χ4v) is 2.30. The topological polar surface area (TPSA) is 67.4 Å². The van der Waals surface area contributed by atoms with Crippen molar-refractivity contribution in [2.75, 3.05) is 19.7 Å². The first-order valence-electron chi connectivity index (χ1n) is 7.38. The molecule has 1 aromatic rings. The Hall–Kier alpha value is -1.88. The van der Waals surface area contributed by atoms with Crippen molar-refractivity contribution in [2.24, 2.45) is 0 Å². The number of ether oxygens (including phenoxy) is 1. The fraction of sp³-hybridized carbons (Fsp3) is 0.500. The van der Waals surface area contributed by atoms with Crippen molar-refractivity contribution in [3.05, 3.63) is 35.4 Å². The zero-order valence-electron chi connectivity index (χ0n) is 12.4. The molecule has 0 radical (unpaired) electrons. The van der Waals surface area contributed by atoms with Gasteiger partial charge in [0.15, 0.2) is 0 Å². The average Bonchev–Trinajstić information content (AvgIpc) is 2.98. The van der Waals surface area contributed by atoms with Crippen molar-refractivity contribution in [2.45, 2.75) is 32.3 Å². The Morgan fingerprint density at radius 2 is 2.19 bits per heavy atom. The molecule has 114 valence electrons. The van der Waals surface area contributed by atoms with Gasteiger partial charge in [0.1, 0.15) is 0 Å². The van der Waals surface area contributed by atoms with Crippen molar-refractivity contribution in [3.63, 3.8) is 0 Å². The molecule has 0 aliphatic carbocycles. The molecule has 1 aliphatic heterocycles. The van der Waals surface area contributed by atoms with Gasteiger partial charge in [0.2, 0.25) is 5.91 Å². The van der Waals surface area contributed by atoms with Crippen LogP contribution in [-0.4, -0.2) is 37.6 Å². The number of amides is 2. The Labute approximate surface area is 125 Å². The van der Waals surface area contributed by atoms with E-state index < -0.39 is 0 Å². The first-order valence-corrected chi connectivity index (χ1v) is 7.38. The molecule has 0 bridgehead atoms. The number of nitrogens with one attached hydrogen (secondary N) is 2. The molecule has 0 saturated carbocycles. The van der Waals surface area contributed by atoms with Crippen LogP contribution < -0.4 is 10.6 Å². The Kier molecular flexibility index (Phi) is 5.75. The molecule has 5 heteroatoms. The van der Waals surface area contributed by atoms with Gasteiger partial charge in [-0.1, -0.05) is 17.7 Å². The monoisotopic (exact) mass is 290 g/mol. The SMILES string of the molecule is Cc1cccc(C(=O)NCCC(=O)NCC2CCCO2)c1. The maximum atomic E-state index is 11.9. The van der Waals surface area contributed by atoms with E-state index in [9.17, 15) is 9.59 Å². The molecule has 21 heavy (non-hydrogen) atoms. The van der Waals surface area contributed by atoms with E-state index in [2.05, 4.69) is 10.6 Å². The number of aryl methyl sites for hydroxylation is 1. The van der Waals surface area contributed by atoms with Gasteiger partial charge in [-0.3, -0.25) is 9.59 Å². The lowest BCUT2D eigenvalue weighted by atomic mass is 10.1. The molecule has 1 unspecified atom stereocenters. The molecular formula is C16H22N2O3. The lowest BCUT2D eigenvalue weighted by molar-refractivity contribution is -0.121. The average molecular weight is 290 g/mol. The fourth-order valence-electron chi connectivity index (χ4n) is 2.30. The van der Waals surface area contributed by atoms with Gasteiger partial charge in [0.25, 0.3) is 5.91 Å². The van der Waals surface area contributed by atoms with Gasteiger partial charge in [-0.25, -0.2) is 0 Å². The summed E-state index contributed by atoms with van der Waals surface area (Å²) >= 11 is 0. The van der Waals surface area contributed by atoms with Crippen LogP contribution in [0, 0.1) is 6.92 Å². The molecule has 1 heterocycles. The number of carbonyl (C=O) groups excluding carboxylic acids is 2. The van der Waals surface area contributed by atoms with Gasteiger partial charge < -0.3 is 15.4 Å². The standard InChI is InChI=1S/C16H22N2O3/c1-12-4-2-5-13(10-12)16(20)17-8-7-15(19)18-11-14-6-3-9-21-14/h2,4-5,10,14H,3,6-9,11H2,1H3,(H,17,20)(H,18,19). The maximum Gasteiger partial charge on any atom is 0.251 e. The quantitative estimate of drug-likeness (QED) is 0.832. The second-order valence-corrected chi connectivity index (χ2v) is 5.31. The number of carbonyl (C=O) groups is 2. The summed E-state index contributed by atoms with van der Waals surface area (Å²) in [6, 6.07) is 7.38. The Morgan fingerprint density at radius 1 is 1.33 bits per heavy atom. The van der Waals surface area contributed by atoms with Crippen LogP contribution in [0.5, 0.6) is 0 Å². The van der Waals surface area contributed by atoms with Crippen molar-refractivity contribution in [1.29, 1.82) is 0 Å². The first-order chi connectivity index (χ1) is 10.1. The van der Waals surface area contributed by atoms with E-state index in [4.69, 9.17) is 4.74 Å². The molecule has 1 fully saturated rings. The predicted octanol–water partition coefficient (Wildman–Crippen LogP) is 1.41. The minimum atomic E-state index is -0.148. The lowest BCUT2D eigenvalue weighted by Crippen LogP contribution is -2.34. The zero-order chi connectivity index (χ0) is 15.1. The van der Waals surface area contributed by atoms with Crippen LogP contribution in [0.1, 0.15) is 35.2 Å². The molecule has 5 nitrogen and oxygen atoms in total. The van der Waals surface area contributed by atoms with E-state index >= 15 is 0 Å². The maximum absolute atomic E-state index is 11.9. The molecular weight excluding hydrogens is 268 g/mol. The summed E-state index contributed by atoms with van der Waals surface area (Å²) in [6.45, 7) is 3.62. The van der Waals surface area contributed by atoms with Gasteiger partial charge >= 0.3 is 0 Å². The summed E-state index contributed by atoms with van der Waals surface area (Å²) in [6.07, 6.45) is 2.50. The van der Waals surface area contributed by atoms with E-state index in [-0.39, 0.29) is 24.3 Å². The van der Waals surface area contributed by atoms with Crippen molar-refractivity contribution >= 4 is 11.8 Å².